The number of nitrogens with zero attached hydrogens (tertiary/aromatic N) is 4. The standard InChI is InChI=1S/C24H28N8OS/c1-16-3-2-4-18(15-16)27-24-28-20-21(30-24)29-23(31-22(20)32-11-13-33-14-12-32)26-10-9-17-5-7-19(34-25)8-6-17/h2-8,15H,9-14,25H2,1H3,(H3,26,27,28,29,30,31). The molecule has 2 aromatic carbocycles. The summed E-state index contributed by atoms with van der Waals surface area (Å²) in [6, 6.07) is 16.4. The highest BCUT2D eigenvalue weighted by Gasteiger charge is 2.20. The van der Waals surface area contributed by atoms with Crippen LogP contribution in [0.25, 0.3) is 11.2 Å². The first-order valence-corrected chi connectivity index (χ1v) is 12.2. The average molecular weight is 477 g/mol. The van der Waals surface area contributed by atoms with Gasteiger partial charge in [-0.05, 0) is 60.7 Å². The molecule has 0 atom stereocenters. The number of anilines is 4. The summed E-state index contributed by atoms with van der Waals surface area (Å²) in [5.74, 6) is 2.04. The van der Waals surface area contributed by atoms with Crippen molar-refractivity contribution in [3.05, 3.63) is 59.7 Å². The van der Waals surface area contributed by atoms with E-state index in [0.29, 0.717) is 37.3 Å². The fourth-order valence-corrected chi connectivity index (χ4v) is 4.23. The van der Waals surface area contributed by atoms with Gasteiger partial charge in [0.1, 0.15) is 5.52 Å². The van der Waals surface area contributed by atoms with Gasteiger partial charge in [0.25, 0.3) is 0 Å². The second-order valence-electron chi connectivity index (χ2n) is 8.19. The maximum absolute atomic E-state index is 5.61. The van der Waals surface area contributed by atoms with Gasteiger partial charge in [0.05, 0.1) is 13.2 Å². The van der Waals surface area contributed by atoms with Gasteiger partial charge in [-0.3, -0.25) is 5.14 Å². The molecule has 34 heavy (non-hydrogen) atoms. The van der Waals surface area contributed by atoms with E-state index >= 15 is 0 Å². The Hall–Kier alpha value is -3.34. The second-order valence-corrected chi connectivity index (χ2v) is 8.89. The Labute approximate surface area is 202 Å². The molecule has 0 spiro atoms. The molecule has 0 radical (unpaired) electrons. The summed E-state index contributed by atoms with van der Waals surface area (Å²) in [6.45, 7) is 5.67. The van der Waals surface area contributed by atoms with Crippen LogP contribution < -0.4 is 20.7 Å². The molecule has 1 aliphatic rings. The molecule has 1 saturated heterocycles. The summed E-state index contributed by atoms with van der Waals surface area (Å²) in [5.41, 5.74) is 4.82. The Balaban J connectivity index is 1.38. The van der Waals surface area contributed by atoms with Crippen molar-refractivity contribution in [1.82, 2.24) is 19.9 Å². The zero-order chi connectivity index (χ0) is 23.3. The lowest BCUT2D eigenvalue weighted by Crippen LogP contribution is -2.37. The lowest BCUT2D eigenvalue weighted by Gasteiger charge is -2.28. The van der Waals surface area contributed by atoms with Crippen LogP contribution in [0.2, 0.25) is 0 Å². The van der Waals surface area contributed by atoms with Crippen LogP contribution in [0.5, 0.6) is 0 Å². The van der Waals surface area contributed by atoms with Gasteiger partial charge in [-0.15, -0.1) is 0 Å². The van der Waals surface area contributed by atoms with E-state index in [-0.39, 0.29) is 0 Å². The smallest absolute Gasteiger partial charge is 0.226 e. The number of imidazole rings is 1. The number of aryl methyl sites for hydroxylation is 1. The first-order chi connectivity index (χ1) is 16.7. The number of morpholine rings is 1. The minimum atomic E-state index is 0.566. The number of hydrogen-bond acceptors (Lipinski definition) is 9. The highest BCUT2D eigenvalue weighted by Crippen LogP contribution is 2.27. The highest BCUT2D eigenvalue weighted by molar-refractivity contribution is 7.97. The number of rotatable bonds is 8. The summed E-state index contributed by atoms with van der Waals surface area (Å²) in [5, 5.41) is 12.3. The fraction of sp³-hybridized carbons (Fsp3) is 0.292. The average Bonchev–Trinajstić information content (AvgIpc) is 3.26. The van der Waals surface area contributed by atoms with Gasteiger partial charge >= 0.3 is 0 Å². The Morgan fingerprint density at radius 1 is 1.09 bits per heavy atom. The molecular weight excluding hydrogens is 448 g/mol. The molecule has 5 rings (SSSR count). The van der Waals surface area contributed by atoms with Gasteiger partial charge in [0.2, 0.25) is 11.9 Å². The highest BCUT2D eigenvalue weighted by atomic mass is 32.2. The van der Waals surface area contributed by atoms with Gasteiger partial charge in [-0.2, -0.15) is 15.0 Å². The predicted octanol–water partition coefficient (Wildman–Crippen LogP) is 3.86. The third-order valence-electron chi connectivity index (χ3n) is 5.68. The lowest BCUT2D eigenvalue weighted by atomic mass is 10.1. The molecule has 0 aliphatic carbocycles. The predicted molar refractivity (Wildman–Crippen MR) is 138 cm³/mol. The van der Waals surface area contributed by atoms with Crippen LogP contribution in [-0.4, -0.2) is 52.8 Å². The van der Waals surface area contributed by atoms with Crippen LogP contribution in [0.1, 0.15) is 11.1 Å². The fourth-order valence-electron chi connectivity index (χ4n) is 3.94. The van der Waals surface area contributed by atoms with Crippen LogP contribution in [0.3, 0.4) is 0 Å². The lowest BCUT2D eigenvalue weighted by molar-refractivity contribution is 0.122. The first kappa shape index (κ1) is 22.5. The minimum absolute atomic E-state index is 0.566. The molecule has 176 valence electrons. The first-order valence-electron chi connectivity index (χ1n) is 11.3. The van der Waals surface area contributed by atoms with Gasteiger partial charge < -0.3 is 25.3 Å². The number of H-pyrrole nitrogens is 1. The number of ether oxygens (including phenoxy) is 1. The van der Waals surface area contributed by atoms with Gasteiger partial charge in [0.15, 0.2) is 11.5 Å². The zero-order valence-electron chi connectivity index (χ0n) is 19.0. The van der Waals surface area contributed by atoms with Crippen molar-refractivity contribution < 1.29 is 4.74 Å². The van der Waals surface area contributed by atoms with Crippen molar-refractivity contribution in [2.75, 3.05) is 48.4 Å². The van der Waals surface area contributed by atoms with E-state index in [4.69, 9.17) is 19.8 Å². The molecule has 0 saturated carbocycles. The molecule has 0 amide bonds. The van der Waals surface area contributed by atoms with Crippen LogP contribution in [-0.2, 0) is 11.2 Å². The Morgan fingerprint density at radius 3 is 2.68 bits per heavy atom. The Morgan fingerprint density at radius 2 is 1.91 bits per heavy atom. The number of aromatic nitrogens is 4. The summed E-state index contributed by atoms with van der Waals surface area (Å²) < 4.78 is 5.54. The van der Waals surface area contributed by atoms with E-state index in [0.717, 1.165) is 41.4 Å². The van der Waals surface area contributed by atoms with Crippen LogP contribution in [0.15, 0.2) is 53.4 Å². The monoisotopic (exact) mass is 476 g/mol. The number of aromatic amines is 1. The van der Waals surface area contributed by atoms with Crippen molar-refractivity contribution in [2.24, 2.45) is 5.14 Å². The quantitative estimate of drug-likeness (QED) is 0.281. The Bertz CT molecular complexity index is 1250. The van der Waals surface area contributed by atoms with Crippen LogP contribution in [0, 0.1) is 6.92 Å². The van der Waals surface area contributed by atoms with Crippen molar-refractivity contribution in [3.63, 3.8) is 0 Å². The van der Waals surface area contributed by atoms with E-state index in [9.17, 15) is 0 Å². The summed E-state index contributed by atoms with van der Waals surface area (Å²) in [6.07, 6.45) is 0.852. The molecule has 9 nitrogen and oxygen atoms in total. The normalized spacial score (nSPS) is 13.9. The van der Waals surface area contributed by atoms with Gasteiger partial charge in [0, 0.05) is 30.2 Å². The largest absolute Gasteiger partial charge is 0.378 e. The van der Waals surface area contributed by atoms with Gasteiger partial charge in [-0.1, -0.05) is 24.3 Å². The molecule has 0 unspecified atom stereocenters. The third kappa shape index (κ3) is 5.24. The maximum atomic E-state index is 5.61. The summed E-state index contributed by atoms with van der Waals surface area (Å²) in [4.78, 5) is 20.9. The molecule has 4 aromatic rings. The van der Waals surface area contributed by atoms with E-state index < -0.39 is 0 Å². The van der Waals surface area contributed by atoms with E-state index in [1.807, 2.05) is 24.3 Å². The van der Waals surface area contributed by atoms with E-state index in [1.54, 1.807) is 0 Å². The molecule has 1 fully saturated rings. The van der Waals surface area contributed by atoms with Crippen LogP contribution in [0.4, 0.5) is 23.4 Å². The molecule has 5 N–H and O–H groups in total. The Kier molecular flexibility index (Phi) is 6.79. The molecular formula is C24H28N8OS. The third-order valence-corrected chi connectivity index (χ3v) is 6.22. The summed E-state index contributed by atoms with van der Waals surface area (Å²) >= 11 is 1.25. The van der Waals surface area contributed by atoms with Gasteiger partial charge in [-0.25, -0.2) is 0 Å². The second kappa shape index (κ2) is 10.3. The molecule has 3 heterocycles. The SMILES string of the molecule is Cc1cccc(Nc2nc3nc(NCCc4ccc(SN)cc4)nc(N4CCOCC4)c3[nH]2)c1. The summed E-state index contributed by atoms with van der Waals surface area (Å²) in [7, 11) is 0. The number of fused-ring (bicyclic) bond motifs is 1. The molecule has 10 heteroatoms. The topological polar surface area (TPSA) is 117 Å². The minimum Gasteiger partial charge on any atom is -0.378 e. The molecule has 1 aliphatic heterocycles. The van der Waals surface area contributed by atoms with Crippen LogP contribution >= 0.6 is 11.9 Å². The molecule has 0 bridgehead atoms. The zero-order valence-corrected chi connectivity index (χ0v) is 19.9. The van der Waals surface area contributed by atoms with Crippen molar-refractivity contribution in [3.8, 4) is 0 Å². The van der Waals surface area contributed by atoms with E-state index in [1.165, 1.54) is 23.1 Å². The van der Waals surface area contributed by atoms with Crippen molar-refractivity contribution in [1.29, 1.82) is 0 Å². The number of nitrogens with two attached hydrogens (primary N) is 1. The van der Waals surface area contributed by atoms with E-state index in [2.05, 4.69) is 56.7 Å². The molecule has 2 aromatic heterocycles. The number of benzene rings is 2. The number of nitrogens with one attached hydrogen (secondary N) is 3. The van der Waals surface area contributed by atoms with Crippen molar-refractivity contribution in [2.45, 2.75) is 18.2 Å². The van der Waals surface area contributed by atoms with Crippen molar-refractivity contribution >= 4 is 46.5 Å². The number of hydrogen-bond donors (Lipinski definition) is 4. The maximum Gasteiger partial charge on any atom is 0.226 e.